The molecule has 0 unspecified atom stereocenters. The van der Waals surface area contributed by atoms with Crippen molar-refractivity contribution in [2.45, 2.75) is 13.3 Å². The molecule has 3 rings (SSSR count). The van der Waals surface area contributed by atoms with E-state index in [0.29, 0.717) is 23.7 Å². The Hall–Kier alpha value is -2.44. The van der Waals surface area contributed by atoms with Crippen LogP contribution in [0.1, 0.15) is 16.7 Å². The van der Waals surface area contributed by atoms with Crippen molar-refractivity contribution in [1.29, 1.82) is 0 Å². The number of urea groups is 1. The number of rotatable bonds is 5. The zero-order chi connectivity index (χ0) is 18.7. The minimum absolute atomic E-state index is 0.242. The summed E-state index contributed by atoms with van der Waals surface area (Å²) in [6, 6.07) is 7.26. The topological polar surface area (TPSA) is 69.6 Å². The average Bonchev–Trinajstić information content (AvgIpc) is 2.99. The van der Waals surface area contributed by atoms with E-state index in [9.17, 15) is 4.79 Å². The van der Waals surface area contributed by atoms with E-state index in [1.807, 2.05) is 38.2 Å². The van der Waals surface area contributed by atoms with Crippen LogP contribution in [0.5, 0.6) is 0 Å². The molecule has 0 saturated heterocycles. The Morgan fingerprint density at radius 1 is 1.31 bits per heavy atom. The second kappa shape index (κ2) is 7.85. The van der Waals surface area contributed by atoms with Gasteiger partial charge in [-0.15, -0.1) is 0 Å². The molecule has 136 valence electrons. The molecule has 1 aliphatic heterocycles. The van der Waals surface area contributed by atoms with E-state index < -0.39 is 0 Å². The van der Waals surface area contributed by atoms with Gasteiger partial charge in [-0.25, -0.2) is 14.8 Å². The highest BCUT2D eigenvalue weighted by atomic mass is 35.5. The zero-order valence-corrected chi connectivity index (χ0v) is 15.9. The first-order valence-electron chi connectivity index (χ1n) is 8.45. The second-order valence-corrected chi connectivity index (χ2v) is 7.02. The van der Waals surface area contributed by atoms with Crippen LogP contribution in [-0.4, -0.2) is 48.8 Å². The number of aryl methyl sites for hydroxylation is 1. The van der Waals surface area contributed by atoms with Gasteiger partial charge in [0.25, 0.3) is 0 Å². The summed E-state index contributed by atoms with van der Waals surface area (Å²) >= 11 is 6.37. The number of nitrogens with zero attached hydrogens (tertiary/aromatic N) is 3. The monoisotopic (exact) mass is 371 g/mol. The number of carbonyl (C=O) groups excluding carboxylic acids is 1. The highest BCUT2D eigenvalue weighted by Gasteiger charge is 2.19. The summed E-state index contributed by atoms with van der Waals surface area (Å²) in [6.07, 6.45) is 2.49. The Morgan fingerprint density at radius 2 is 2.12 bits per heavy atom. The van der Waals surface area contributed by atoms with Gasteiger partial charge in [0.15, 0.2) is 5.82 Å². The van der Waals surface area contributed by atoms with Crippen molar-refractivity contribution >= 4 is 34.8 Å². The molecule has 6 nitrogen and oxygen atoms in total. The molecule has 1 aromatic carbocycles. The maximum atomic E-state index is 12.0. The molecule has 2 aromatic rings. The van der Waals surface area contributed by atoms with Gasteiger partial charge < -0.3 is 15.5 Å². The van der Waals surface area contributed by atoms with Crippen LogP contribution in [0.25, 0.3) is 0 Å². The predicted octanol–water partition coefficient (Wildman–Crippen LogP) is 3.40. The van der Waals surface area contributed by atoms with Crippen LogP contribution >= 0.6 is 11.6 Å². The molecular formula is C19H22ClN5O. The molecule has 7 heteroatoms. The molecule has 2 N–H and O–H groups in total. The minimum atomic E-state index is -0.242. The van der Waals surface area contributed by atoms with E-state index >= 15 is 0 Å². The number of aliphatic imine (C=N–C) groups is 1. The van der Waals surface area contributed by atoms with Gasteiger partial charge in [-0.05, 0) is 44.8 Å². The van der Waals surface area contributed by atoms with E-state index in [1.54, 1.807) is 12.1 Å². The summed E-state index contributed by atoms with van der Waals surface area (Å²) < 4.78 is 0. The molecule has 2 amide bonds. The van der Waals surface area contributed by atoms with Crippen molar-refractivity contribution in [3.63, 3.8) is 0 Å². The van der Waals surface area contributed by atoms with Crippen molar-refractivity contribution in [1.82, 2.24) is 15.2 Å². The molecule has 26 heavy (non-hydrogen) atoms. The largest absolute Gasteiger partial charge is 0.337 e. The standard InChI is InChI=1S/C19H22ClN5O/c1-12-8-13-9-17(24-18(13)22-11-12)15-10-14(4-5-16(15)20)23-19(26)21-6-7-25(2)3/h4-5,8,10-11H,6-7,9H2,1-3H3,(H2,21,23,26). The molecule has 0 atom stereocenters. The Bertz CT molecular complexity index is 863. The van der Waals surface area contributed by atoms with Gasteiger partial charge in [0.05, 0.1) is 5.71 Å². The predicted molar refractivity (Wildman–Crippen MR) is 106 cm³/mol. The van der Waals surface area contributed by atoms with Gasteiger partial charge in [-0.1, -0.05) is 17.7 Å². The maximum absolute atomic E-state index is 12.0. The third kappa shape index (κ3) is 4.39. The molecular weight excluding hydrogens is 350 g/mol. The lowest BCUT2D eigenvalue weighted by Crippen LogP contribution is -2.34. The van der Waals surface area contributed by atoms with Crippen molar-refractivity contribution in [3.8, 4) is 0 Å². The molecule has 0 aliphatic carbocycles. The second-order valence-electron chi connectivity index (χ2n) is 6.61. The van der Waals surface area contributed by atoms with Crippen LogP contribution < -0.4 is 10.6 Å². The Morgan fingerprint density at radius 3 is 2.88 bits per heavy atom. The quantitative estimate of drug-likeness (QED) is 0.846. The number of benzene rings is 1. The first-order valence-corrected chi connectivity index (χ1v) is 8.83. The number of carbonyl (C=O) groups is 1. The number of fused-ring (bicyclic) bond motifs is 1. The molecule has 0 saturated carbocycles. The number of hydrogen-bond acceptors (Lipinski definition) is 4. The van der Waals surface area contributed by atoms with Crippen LogP contribution in [0, 0.1) is 6.92 Å². The number of pyridine rings is 1. The molecule has 1 aliphatic rings. The molecule has 1 aromatic heterocycles. The van der Waals surface area contributed by atoms with Crippen molar-refractivity contribution < 1.29 is 4.79 Å². The zero-order valence-electron chi connectivity index (χ0n) is 15.1. The lowest BCUT2D eigenvalue weighted by molar-refractivity contribution is 0.250. The molecule has 0 radical (unpaired) electrons. The van der Waals surface area contributed by atoms with Crippen LogP contribution in [-0.2, 0) is 6.42 Å². The lowest BCUT2D eigenvalue weighted by atomic mass is 10.0. The van der Waals surface area contributed by atoms with E-state index in [1.165, 1.54) is 0 Å². The number of nitrogens with one attached hydrogen (secondary N) is 2. The number of hydrogen-bond donors (Lipinski definition) is 2. The molecule has 0 fully saturated rings. The van der Waals surface area contributed by atoms with Crippen LogP contribution in [0.2, 0.25) is 5.02 Å². The molecule has 2 heterocycles. The smallest absolute Gasteiger partial charge is 0.319 e. The van der Waals surface area contributed by atoms with E-state index in [4.69, 9.17) is 11.6 Å². The molecule has 0 bridgehead atoms. The summed E-state index contributed by atoms with van der Waals surface area (Å²) in [5.41, 5.74) is 4.55. The minimum Gasteiger partial charge on any atom is -0.337 e. The van der Waals surface area contributed by atoms with Gasteiger partial charge in [0.2, 0.25) is 0 Å². The fraction of sp³-hybridized carbons (Fsp3) is 0.316. The van der Waals surface area contributed by atoms with Gasteiger partial charge in [0.1, 0.15) is 0 Å². The Kier molecular flexibility index (Phi) is 5.54. The van der Waals surface area contributed by atoms with Crippen LogP contribution in [0.4, 0.5) is 16.3 Å². The van der Waals surface area contributed by atoms with E-state index in [2.05, 4.69) is 26.7 Å². The maximum Gasteiger partial charge on any atom is 0.319 e. The first kappa shape index (κ1) is 18.4. The third-order valence-electron chi connectivity index (χ3n) is 4.06. The molecule has 0 spiro atoms. The summed E-state index contributed by atoms with van der Waals surface area (Å²) in [4.78, 5) is 23.0. The summed E-state index contributed by atoms with van der Waals surface area (Å²) in [6.45, 7) is 3.37. The Balaban J connectivity index is 1.72. The van der Waals surface area contributed by atoms with Crippen LogP contribution in [0.15, 0.2) is 35.5 Å². The van der Waals surface area contributed by atoms with Crippen molar-refractivity contribution in [3.05, 3.63) is 52.2 Å². The van der Waals surface area contributed by atoms with E-state index in [-0.39, 0.29) is 6.03 Å². The Labute approximate surface area is 158 Å². The number of amides is 2. The van der Waals surface area contributed by atoms with Gasteiger partial charge >= 0.3 is 6.03 Å². The van der Waals surface area contributed by atoms with Crippen molar-refractivity contribution in [2.75, 3.05) is 32.5 Å². The normalized spacial score (nSPS) is 12.7. The van der Waals surface area contributed by atoms with E-state index in [0.717, 1.165) is 34.8 Å². The fourth-order valence-electron chi connectivity index (χ4n) is 2.75. The number of aromatic nitrogens is 1. The highest BCUT2D eigenvalue weighted by Crippen LogP contribution is 2.31. The third-order valence-corrected chi connectivity index (χ3v) is 4.39. The lowest BCUT2D eigenvalue weighted by Gasteiger charge is -2.12. The highest BCUT2D eigenvalue weighted by molar-refractivity contribution is 6.34. The number of likely N-dealkylation sites (N-methyl/N-ethyl adjacent to an activating group) is 1. The SMILES string of the molecule is Cc1cnc2c(c1)CC(c1cc(NC(=O)NCCN(C)C)ccc1Cl)=N2. The average molecular weight is 372 g/mol. The van der Waals surface area contributed by atoms with Gasteiger partial charge in [0, 0.05) is 47.5 Å². The number of halogens is 1. The van der Waals surface area contributed by atoms with Gasteiger partial charge in [-0.3, -0.25) is 0 Å². The number of anilines is 1. The fourth-order valence-corrected chi connectivity index (χ4v) is 2.98. The first-order chi connectivity index (χ1) is 12.4. The summed E-state index contributed by atoms with van der Waals surface area (Å²) in [7, 11) is 3.92. The summed E-state index contributed by atoms with van der Waals surface area (Å²) in [5, 5.41) is 6.26. The van der Waals surface area contributed by atoms with Crippen molar-refractivity contribution in [2.24, 2.45) is 4.99 Å². The van der Waals surface area contributed by atoms with Crippen LogP contribution in [0.3, 0.4) is 0 Å². The van der Waals surface area contributed by atoms with Gasteiger partial charge in [-0.2, -0.15) is 0 Å². The summed E-state index contributed by atoms with van der Waals surface area (Å²) in [5.74, 6) is 0.737.